The summed E-state index contributed by atoms with van der Waals surface area (Å²) in [4.78, 5) is 4.31. The van der Waals surface area contributed by atoms with Gasteiger partial charge in [0.2, 0.25) is 0 Å². The van der Waals surface area contributed by atoms with Crippen LogP contribution in [0.15, 0.2) is 12.1 Å². The molecular weight excluding hydrogens is 302 g/mol. The average molecular weight is 317 g/mol. The summed E-state index contributed by atoms with van der Waals surface area (Å²) in [6.45, 7) is 1.81. The minimum absolute atomic E-state index is 0.205. The van der Waals surface area contributed by atoms with Gasteiger partial charge in [-0.2, -0.15) is 11.8 Å². The van der Waals surface area contributed by atoms with Gasteiger partial charge in [-0.25, -0.2) is 13.8 Å². The average Bonchev–Trinajstić information content (AvgIpc) is 2.79. The number of halogens is 3. The molecule has 0 N–H and O–H groups in total. The number of thioether (sulfide) groups is 1. The maximum absolute atomic E-state index is 13.9. The molecule has 2 atom stereocenters. The van der Waals surface area contributed by atoms with Gasteiger partial charge >= 0.3 is 0 Å². The Bertz CT molecular complexity index is 636. The van der Waals surface area contributed by atoms with Crippen LogP contribution in [0.4, 0.5) is 8.78 Å². The third-order valence-electron chi connectivity index (χ3n) is 3.60. The molecule has 3 rings (SSSR count). The van der Waals surface area contributed by atoms with Crippen LogP contribution in [0, 0.1) is 11.6 Å². The Morgan fingerprint density at radius 2 is 2.25 bits per heavy atom. The zero-order chi connectivity index (χ0) is 14.3. The van der Waals surface area contributed by atoms with Crippen LogP contribution in [0.1, 0.15) is 37.0 Å². The van der Waals surface area contributed by atoms with E-state index < -0.39 is 11.6 Å². The van der Waals surface area contributed by atoms with Gasteiger partial charge in [0, 0.05) is 17.9 Å². The summed E-state index contributed by atoms with van der Waals surface area (Å²) in [6.07, 6.45) is 2.09. The Morgan fingerprint density at radius 3 is 2.90 bits per heavy atom. The molecule has 1 aromatic carbocycles. The third kappa shape index (κ3) is 2.42. The van der Waals surface area contributed by atoms with E-state index in [9.17, 15) is 8.78 Å². The fourth-order valence-corrected chi connectivity index (χ4v) is 4.01. The number of fused-ring (bicyclic) bond motifs is 1. The van der Waals surface area contributed by atoms with Crippen LogP contribution in [0.25, 0.3) is 11.0 Å². The molecule has 2 nitrogen and oxygen atoms in total. The van der Waals surface area contributed by atoms with Crippen molar-refractivity contribution in [3.05, 3.63) is 29.6 Å². The maximum Gasteiger partial charge on any atom is 0.153 e. The highest BCUT2D eigenvalue weighted by Gasteiger charge is 2.25. The Labute approximate surface area is 125 Å². The summed E-state index contributed by atoms with van der Waals surface area (Å²) in [6, 6.07) is 2.43. The Kier molecular flexibility index (Phi) is 3.91. The van der Waals surface area contributed by atoms with E-state index in [1.165, 1.54) is 6.07 Å². The molecule has 2 heterocycles. The second-order valence-electron chi connectivity index (χ2n) is 5.08. The second kappa shape index (κ2) is 5.53. The van der Waals surface area contributed by atoms with E-state index in [-0.39, 0.29) is 16.9 Å². The van der Waals surface area contributed by atoms with E-state index in [1.54, 1.807) is 0 Å². The van der Waals surface area contributed by atoms with Gasteiger partial charge in [-0.05, 0) is 31.6 Å². The van der Waals surface area contributed by atoms with Crippen LogP contribution >= 0.6 is 23.4 Å². The highest BCUT2D eigenvalue weighted by atomic mass is 35.5. The summed E-state index contributed by atoms with van der Waals surface area (Å²) < 4.78 is 29.4. The third-order valence-corrected chi connectivity index (χ3v) is 4.99. The van der Waals surface area contributed by atoms with E-state index in [1.807, 2.05) is 23.3 Å². The molecule has 0 spiro atoms. The topological polar surface area (TPSA) is 17.8 Å². The summed E-state index contributed by atoms with van der Waals surface area (Å²) >= 11 is 8.04. The molecule has 0 radical (unpaired) electrons. The highest BCUT2D eigenvalue weighted by Crippen LogP contribution is 2.35. The normalized spacial score (nSPS) is 21.3. The smallest absolute Gasteiger partial charge is 0.153 e. The molecule has 1 aliphatic rings. The molecule has 2 unspecified atom stereocenters. The number of benzene rings is 1. The SMILES string of the molecule is CC(Cl)c1nc2c(F)cc(F)cc2n1C1CCCSC1. The van der Waals surface area contributed by atoms with E-state index in [0.29, 0.717) is 11.3 Å². The predicted octanol–water partition coefficient (Wildman–Crippen LogP) is 4.68. The van der Waals surface area contributed by atoms with Crippen LogP contribution in [0.2, 0.25) is 0 Å². The van der Waals surface area contributed by atoms with Crippen molar-refractivity contribution in [1.29, 1.82) is 0 Å². The lowest BCUT2D eigenvalue weighted by Crippen LogP contribution is -2.18. The van der Waals surface area contributed by atoms with Crippen molar-refractivity contribution in [2.24, 2.45) is 0 Å². The number of nitrogens with zero attached hydrogens (tertiary/aromatic N) is 2. The second-order valence-corrected chi connectivity index (χ2v) is 6.89. The minimum Gasteiger partial charge on any atom is -0.323 e. The quantitative estimate of drug-likeness (QED) is 0.748. The van der Waals surface area contributed by atoms with Crippen LogP contribution in [0.5, 0.6) is 0 Å². The Balaban J connectivity index is 2.22. The van der Waals surface area contributed by atoms with Gasteiger partial charge in [-0.3, -0.25) is 0 Å². The van der Waals surface area contributed by atoms with Gasteiger partial charge < -0.3 is 4.57 Å². The molecule has 2 aromatic rings. The molecule has 0 aliphatic carbocycles. The number of aromatic nitrogens is 2. The number of hydrogen-bond donors (Lipinski definition) is 0. The summed E-state index contributed by atoms with van der Waals surface area (Å²) in [5, 5.41) is -0.336. The van der Waals surface area contributed by atoms with Crippen molar-refractivity contribution < 1.29 is 8.78 Å². The molecule has 0 bridgehead atoms. The lowest BCUT2D eigenvalue weighted by Gasteiger charge is -2.25. The van der Waals surface area contributed by atoms with Crippen LogP contribution in [-0.2, 0) is 0 Å². The first-order valence-electron chi connectivity index (χ1n) is 6.66. The molecule has 1 saturated heterocycles. The van der Waals surface area contributed by atoms with Gasteiger partial charge in [0.15, 0.2) is 5.82 Å². The standard InChI is InChI=1S/C14H15ClF2N2S/c1-8(15)14-18-13-11(17)5-9(16)6-12(13)19(14)10-3-2-4-20-7-10/h5-6,8,10H,2-4,7H2,1H3. The molecule has 108 valence electrons. The molecular formula is C14H15ClF2N2S. The van der Waals surface area contributed by atoms with Gasteiger partial charge in [-0.1, -0.05) is 0 Å². The molecule has 6 heteroatoms. The first-order valence-corrected chi connectivity index (χ1v) is 8.25. The molecule has 1 aliphatic heterocycles. The summed E-state index contributed by atoms with van der Waals surface area (Å²) in [7, 11) is 0. The minimum atomic E-state index is -0.624. The molecule has 1 fully saturated rings. The largest absolute Gasteiger partial charge is 0.323 e. The van der Waals surface area contributed by atoms with Crippen molar-refractivity contribution in [2.45, 2.75) is 31.2 Å². The predicted molar refractivity (Wildman–Crippen MR) is 79.5 cm³/mol. The summed E-state index contributed by atoms with van der Waals surface area (Å²) in [5.74, 6) is 1.49. The maximum atomic E-state index is 13.9. The Hall–Kier alpha value is -0.810. The van der Waals surface area contributed by atoms with E-state index >= 15 is 0 Å². The molecule has 1 aromatic heterocycles. The van der Waals surface area contributed by atoms with Crippen LogP contribution in [0.3, 0.4) is 0 Å². The fraction of sp³-hybridized carbons (Fsp3) is 0.500. The number of rotatable bonds is 2. The Morgan fingerprint density at radius 1 is 1.45 bits per heavy atom. The monoisotopic (exact) mass is 316 g/mol. The van der Waals surface area contributed by atoms with Crippen molar-refractivity contribution in [3.8, 4) is 0 Å². The molecule has 0 saturated carbocycles. The number of hydrogen-bond acceptors (Lipinski definition) is 2. The van der Waals surface area contributed by atoms with E-state index in [4.69, 9.17) is 11.6 Å². The van der Waals surface area contributed by atoms with Gasteiger partial charge in [0.05, 0.1) is 10.9 Å². The zero-order valence-electron chi connectivity index (χ0n) is 11.1. The van der Waals surface area contributed by atoms with Gasteiger partial charge in [0.25, 0.3) is 0 Å². The van der Waals surface area contributed by atoms with E-state index in [2.05, 4.69) is 4.98 Å². The lowest BCUT2D eigenvalue weighted by molar-refractivity contribution is 0.492. The number of imidazole rings is 1. The van der Waals surface area contributed by atoms with Gasteiger partial charge in [0.1, 0.15) is 17.2 Å². The van der Waals surface area contributed by atoms with Gasteiger partial charge in [-0.15, -0.1) is 11.6 Å². The van der Waals surface area contributed by atoms with Crippen molar-refractivity contribution in [3.63, 3.8) is 0 Å². The van der Waals surface area contributed by atoms with Crippen molar-refractivity contribution >= 4 is 34.4 Å². The van der Waals surface area contributed by atoms with Crippen molar-refractivity contribution in [1.82, 2.24) is 9.55 Å². The highest BCUT2D eigenvalue weighted by molar-refractivity contribution is 7.99. The van der Waals surface area contributed by atoms with Crippen LogP contribution < -0.4 is 0 Å². The molecule has 20 heavy (non-hydrogen) atoms. The van der Waals surface area contributed by atoms with Crippen molar-refractivity contribution in [2.75, 3.05) is 11.5 Å². The first kappa shape index (κ1) is 14.1. The fourth-order valence-electron chi connectivity index (χ4n) is 2.73. The van der Waals surface area contributed by atoms with Crippen LogP contribution in [-0.4, -0.2) is 21.1 Å². The summed E-state index contributed by atoms with van der Waals surface area (Å²) in [5.41, 5.74) is 0.724. The number of alkyl halides is 1. The first-order chi connectivity index (χ1) is 9.58. The van der Waals surface area contributed by atoms with E-state index in [0.717, 1.165) is 30.4 Å². The lowest BCUT2D eigenvalue weighted by atomic mass is 10.1. The zero-order valence-corrected chi connectivity index (χ0v) is 12.6. The molecule has 0 amide bonds.